The smallest absolute Gasteiger partial charge is 0.311 e. The van der Waals surface area contributed by atoms with Crippen molar-refractivity contribution >= 4 is 17.8 Å². The van der Waals surface area contributed by atoms with Crippen molar-refractivity contribution in [2.75, 3.05) is 5.32 Å². The molecule has 0 atom stereocenters. The quantitative estimate of drug-likeness (QED) is 0.851. The number of carbonyl (C=O) groups excluding carboxylic acids is 1. The second-order valence-corrected chi connectivity index (χ2v) is 4.81. The van der Waals surface area contributed by atoms with Crippen LogP contribution in [0.1, 0.15) is 17.5 Å². The molecule has 3 heteroatoms. The van der Waals surface area contributed by atoms with Gasteiger partial charge in [0.05, 0.1) is 0 Å². The van der Waals surface area contributed by atoms with E-state index in [1.165, 1.54) is 11.1 Å². The van der Waals surface area contributed by atoms with Gasteiger partial charge in [-0.25, -0.2) is 4.79 Å². The Bertz CT molecular complexity index is 647. The molecule has 0 spiro atoms. The summed E-state index contributed by atoms with van der Waals surface area (Å²) in [4.78, 5) is 11.9. The Morgan fingerprint density at radius 2 is 1.60 bits per heavy atom. The van der Waals surface area contributed by atoms with Crippen molar-refractivity contribution < 1.29 is 4.79 Å². The van der Waals surface area contributed by atoms with E-state index in [9.17, 15) is 4.79 Å². The molecule has 0 saturated carbocycles. The molecule has 0 bridgehead atoms. The fourth-order valence-electron chi connectivity index (χ4n) is 2.36. The Hall–Kier alpha value is -2.55. The zero-order valence-corrected chi connectivity index (χ0v) is 11.1. The summed E-state index contributed by atoms with van der Waals surface area (Å²) in [6.07, 6.45) is 3.87. The Morgan fingerprint density at radius 3 is 2.45 bits per heavy atom. The van der Waals surface area contributed by atoms with Crippen LogP contribution in [0.3, 0.4) is 0 Å². The molecule has 0 unspecified atom stereocenters. The third kappa shape index (κ3) is 2.88. The highest BCUT2D eigenvalue weighted by Crippen LogP contribution is 2.22. The van der Waals surface area contributed by atoms with Crippen LogP contribution in [0.4, 0.5) is 10.5 Å². The average molecular weight is 264 g/mol. The second kappa shape index (κ2) is 5.61. The van der Waals surface area contributed by atoms with Gasteiger partial charge in [-0.2, -0.15) is 0 Å². The summed E-state index contributed by atoms with van der Waals surface area (Å²) in [6, 6.07) is 17.5. The molecule has 0 aliphatic heterocycles. The van der Waals surface area contributed by atoms with E-state index in [0.29, 0.717) is 0 Å². The van der Waals surface area contributed by atoms with Crippen LogP contribution in [-0.2, 0) is 6.42 Å². The highest BCUT2D eigenvalue weighted by molar-refractivity contribution is 5.91. The highest BCUT2D eigenvalue weighted by Gasteiger charge is 2.11. The first-order valence-electron chi connectivity index (χ1n) is 6.73. The van der Waals surface area contributed by atoms with E-state index < -0.39 is 0 Å². The number of para-hydroxylation sites is 1. The fraction of sp³-hybridized carbons (Fsp3) is 0.118. The van der Waals surface area contributed by atoms with Crippen molar-refractivity contribution in [2.45, 2.75) is 12.8 Å². The van der Waals surface area contributed by atoms with Gasteiger partial charge < -0.3 is 10.6 Å². The molecule has 20 heavy (non-hydrogen) atoms. The molecule has 0 aromatic heterocycles. The van der Waals surface area contributed by atoms with E-state index in [2.05, 4.69) is 22.8 Å². The number of nitrogens with one attached hydrogen (secondary N) is 2. The van der Waals surface area contributed by atoms with Crippen molar-refractivity contribution in [3.05, 3.63) is 71.4 Å². The maximum atomic E-state index is 11.9. The van der Waals surface area contributed by atoms with Crippen molar-refractivity contribution in [3.63, 3.8) is 0 Å². The lowest BCUT2D eigenvalue weighted by Gasteiger charge is -2.17. The van der Waals surface area contributed by atoms with Crippen molar-refractivity contribution in [3.8, 4) is 0 Å². The Kier molecular flexibility index (Phi) is 3.50. The second-order valence-electron chi connectivity index (χ2n) is 4.81. The molecular weight excluding hydrogens is 248 g/mol. The molecule has 1 aliphatic carbocycles. The summed E-state index contributed by atoms with van der Waals surface area (Å²) in [5.74, 6) is 0. The minimum atomic E-state index is -0.193. The molecule has 3 rings (SSSR count). The molecule has 0 fully saturated rings. The van der Waals surface area contributed by atoms with Gasteiger partial charge in [-0.15, -0.1) is 0 Å². The Morgan fingerprint density at radius 1 is 0.850 bits per heavy atom. The van der Waals surface area contributed by atoms with E-state index >= 15 is 0 Å². The summed E-state index contributed by atoms with van der Waals surface area (Å²) >= 11 is 0. The van der Waals surface area contributed by atoms with Crippen LogP contribution in [0.15, 0.2) is 60.3 Å². The minimum Gasteiger partial charge on any atom is -0.311 e. The summed E-state index contributed by atoms with van der Waals surface area (Å²) in [6.45, 7) is 0. The molecule has 3 nitrogen and oxygen atoms in total. The van der Waals surface area contributed by atoms with Gasteiger partial charge in [-0.05, 0) is 42.2 Å². The van der Waals surface area contributed by atoms with Crippen LogP contribution in [-0.4, -0.2) is 6.03 Å². The molecule has 0 heterocycles. The van der Waals surface area contributed by atoms with E-state index in [4.69, 9.17) is 0 Å². The molecule has 1 aliphatic rings. The lowest BCUT2D eigenvalue weighted by Crippen LogP contribution is -2.29. The van der Waals surface area contributed by atoms with Gasteiger partial charge in [-0.1, -0.05) is 42.5 Å². The van der Waals surface area contributed by atoms with Gasteiger partial charge in [0, 0.05) is 11.4 Å². The van der Waals surface area contributed by atoms with Crippen molar-refractivity contribution in [2.24, 2.45) is 0 Å². The Labute approximate surface area is 118 Å². The molecule has 100 valence electrons. The fourth-order valence-corrected chi connectivity index (χ4v) is 2.36. The van der Waals surface area contributed by atoms with E-state index in [1.54, 1.807) is 0 Å². The number of carbonyl (C=O) groups is 1. The summed E-state index contributed by atoms with van der Waals surface area (Å²) in [5, 5.41) is 5.74. The first kappa shape index (κ1) is 12.5. The number of benzene rings is 2. The van der Waals surface area contributed by atoms with Crippen LogP contribution in [0, 0.1) is 0 Å². The lowest BCUT2D eigenvalue weighted by atomic mass is 9.95. The summed E-state index contributed by atoms with van der Waals surface area (Å²) in [7, 11) is 0. The zero-order valence-electron chi connectivity index (χ0n) is 11.1. The monoisotopic (exact) mass is 264 g/mol. The van der Waals surface area contributed by atoms with Crippen LogP contribution in [0.25, 0.3) is 6.08 Å². The molecule has 2 aromatic rings. The predicted octanol–water partition coefficient (Wildman–Crippen LogP) is 3.80. The molecule has 2 N–H and O–H groups in total. The van der Waals surface area contributed by atoms with E-state index in [0.717, 1.165) is 24.2 Å². The number of rotatable bonds is 2. The summed E-state index contributed by atoms with van der Waals surface area (Å²) in [5.41, 5.74) is 4.27. The maximum absolute atomic E-state index is 11.9. The first-order valence-corrected chi connectivity index (χ1v) is 6.73. The highest BCUT2D eigenvalue weighted by atomic mass is 16.2. The van der Waals surface area contributed by atoms with Gasteiger partial charge >= 0.3 is 6.03 Å². The normalized spacial score (nSPS) is 13.1. The number of fused-ring (bicyclic) bond motifs is 1. The first-order chi connectivity index (χ1) is 9.81. The van der Waals surface area contributed by atoms with Gasteiger partial charge in [0.25, 0.3) is 0 Å². The number of hydrogen-bond acceptors (Lipinski definition) is 1. The average Bonchev–Trinajstić information content (AvgIpc) is 2.48. The van der Waals surface area contributed by atoms with Gasteiger partial charge in [0.15, 0.2) is 0 Å². The maximum Gasteiger partial charge on any atom is 0.323 e. The number of allylic oxidation sites excluding steroid dienone is 1. The van der Waals surface area contributed by atoms with Crippen LogP contribution in [0.5, 0.6) is 0 Å². The molecule has 2 aromatic carbocycles. The van der Waals surface area contributed by atoms with E-state index in [1.807, 2.05) is 48.5 Å². The predicted molar refractivity (Wildman–Crippen MR) is 81.3 cm³/mol. The molecule has 0 radical (unpaired) electrons. The number of urea groups is 1. The van der Waals surface area contributed by atoms with Crippen molar-refractivity contribution in [1.82, 2.24) is 5.32 Å². The van der Waals surface area contributed by atoms with Crippen LogP contribution >= 0.6 is 0 Å². The zero-order chi connectivity index (χ0) is 13.8. The number of aryl methyl sites for hydroxylation is 1. The third-order valence-electron chi connectivity index (χ3n) is 3.35. The lowest BCUT2D eigenvalue weighted by molar-refractivity contribution is 0.254. The van der Waals surface area contributed by atoms with Gasteiger partial charge in [0.2, 0.25) is 0 Å². The van der Waals surface area contributed by atoms with Gasteiger partial charge in [-0.3, -0.25) is 0 Å². The number of hydrogen-bond donors (Lipinski definition) is 2. The van der Waals surface area contributed by atoms with E-state index in [-0.39, 0.29) is 6.03 Å². The third-order valence-corrected chi connectivity index (χ3v) is 3.35. The summed E-state index contributed by atoms with van der Waals surface area (Å²) < 4.78 is 0. The van der Waals surface area contributed by atoms with Crippen LogP contribution in [0.2, 0.25) is 0 Å². The molecule has 0 saturated heterocycles. The topological polar surface area (TPSA) is 41.1 Å². The van der Waals surface area contributed by atoms with Gasteiger partial charge in [0.1, 0.15) is 0 Å². The molecular formula is C17H16N2O. The number of amides is 2. The SMILES string of the molecule is O=C(NC1=Cc2ccccc2CC1)Nc1ccccc1. The Balaban J connectivity index is 1.67. The van der Waals surface area contributed by atoms with Crippen LogP contribution < -0.4 is 10.6 Å². The minimum absolute atomic E-state index is 0.193. The molecule has 2 amide bonds. The number of anilines is 1. The standard InChI is InChI=1S/C17H16N2O/c20-17(18-15-8-2-1-3-9-15)19-16-11-10-13-6-4-5-7-14(13)12-16/h1-9,12H,10-11H2,(H2,18,19,20). The largest absolute Gasteiger partial charge is 0.323 e. The van der Waals surface area contributed by atoms with Crippen molar-refractivity contribution in [1.29, 1.82) is 0 Å².